The van der Waals surface area contributed by atoms with Crippen LogP contribution in [0, 0.1) is 0 Å². The third kappa shape index (κ3) is 3.34. The Labute approximate surface area is 139 Å². The molecule has 1 aliphatic rings. The van der Waals surface area contributed by atoms with Gasteiger partial charge in [-0.3, -0.25) is 9.59 Å². The van der Waals surface area contributed by atoms with Crippen molar-refractivity contribution in [3.63, 3.8) is 0 Å². The molecule has 0 bridgehead atoms. The summed E-state index contributed by atoms with van der Waals surface area (Å²) in [5.41, 5.74) is 2.01. The van der Waals surface area contributed by atoms with E-state index in [1.807, 2.05) is 40.8 Å². The molecule has 1 fully saturated rings. The fourth-order valence-corrected chi connectivity index (χ4v) is 3.63. The third-order valence-electron chi connectivity index (χ3n) is 4.15. The number of aryl methyl sites for hydroxylation is 1. The summed E-state index contributed by atoms with van der Waals surface area (Å²) in [6.45, 7) is 4.04. The molecular weight excluding hydrogens is 312 g/mol. The van der Waals surface area contributed by atoms with Gasteiger partial charge in [0.1, 0.15) is 0 Å². The molecule has 1 saturated heterocycles. The van der Waals surface area contributed by atoms with Gasteiger partial charge < -0.3 is 14.4 Å². The number of fused-ring (bicyclic) bond motifs is 1. The zero-order chi connectivity index (χ0) is 16.4. The average Bonchev–Trinajstić information content (AvgIpc) is 2.89. The number of thioether (sulfide) groups is 1. The highest BCUT2D eigenvalue weighted by Gasteiger charge is 2.22. The lowest BCUT2D eigenvalue weighted by molar-refractivity contribution is -0.136. The minimum absolute atomic E-state index is 0.0752. The highest BCUT2D eigenvalue weighted by Crippen LogP contribution is 2.23. The Balaban J connectivity index is 1.58. The first-order chi connectivity index (χ1) is 11.1. The Morgan fingerprint density at radius 2 is 1.78 bits per heavy atom. The molecule has 0 N–H and O–H groups in total. The topological polar surface area (TPSA) is 58.4 Å². The minimum atomic E-state index is 0.0752. The van der Waals surface area contributed by atoms with Crippen LogP contribution in [0.3, 0.4) is 0 Å². The molecule has 0 saturated carbocycles. The molecule has 0 atom stereocenters. The Morgan fingerprint density at radius 1 is 1.13 bits per heavy atom. The number of benzene rings is 1. The van der Waals surface area contributed by atoms with E-state index in [2.05, 4.69) is 4.98 Å². The predicted octanol–water partition coefficient (Wildman–Crippen LogP) is 1.36. The van der Waals surface area contributed by atoms with Crippen LogP contribution < -0.4 is 0 Å². The molecule has 1 aromatic heterocycles. The molecule has 6 nitrogen and oxygen atoms in total. The number of nitrogens with zero attached hydrogens (tertiary/aromatic N) is 4. The maximum atomic E-state index is 12.3. The maximum absolute atomic E-state index is 12.3. The van der Waals surface area contributed by atoms with Gasteiger partial charge in [0.2, 0.25) is 11.8 Å². The van der Waals surface area contributed by atoms with Crippen LogP contribution >= 0.6 is 11.8 Å². The fourth-order valence-electron chi connectivity index (χ4n) is 2.74. The second kappa shape index (κ2) is 6.62. The van der Waals surface area contributed by atoms with E-state index in [1.54, 1.807) is 11.8 Å². The summed E-state index contributed by atoms with van der Waals surface area (Å²) < 4.78 is 2.01. The third-order valence-corrected chi connectivity index (χ3v) is 5.16. The lowest BCUT2D eigenvalue weighted by Crippen LogP contribution is -2.50. The normalized spacial score (nSPS) is 15.2. The zero-order valence-corrected chi connectivity index (χ0v) is 14.2. The van der Waals surface area contributed by atoms with Crippen molar-refractivity contribution < 1.29 is 9.59 Å². The van der Waals surface area contributed by atoms with Crippen LogP contribution in [0.15, 0.2) is 29.4 Å². The summed E-state index contributed by atoms with van der Waals surface area (Å²) in [7, 11) is 1.97. The average molecular weight is 332 g/mol. The van der Waals surface area contributed by atoms with Crippen molar-refractivity contribution in [3.8, 4) is 0 Å². The molecule has 2 heterocycles. The van der Waals surface area contributed by atoms with Gasteiger partial charge in [-0.05, 0) is 12.1 Å². The summed E-state index contributed by atoms with van der Waals surface area (Å²) >= 11 is 1.46. The van der Waals surface area contributed by atoms with Gasteiger partial charge in [-0.15, -0.1) is 0 Å². The monoisotopic (exact) mass is 332 g/mol. The first kappa shape index (κ1) is 15.9. The van der Waals surface area contributed by atoms with Gasteiger partial charge in [0, 0.05) is 40.2 Å². The molecule has 0 radical (unpaired) electrons. The number of imidazole rings is 1. The van der Waals surface area contributed by atoms with Gasteiger partial charge in [0.15, 0.2) is 5.16 Å². The quantitative estimate of drug-likeness (QED) is 0.796. The number of rotatable bonds is 3. The van der Waals surface area contributed by atoms with Crippen LogP contribution in [-0.4, -0.2) is 63.1 Å². The summed E-state index contributed by atoms with van der Waals surface area (Å²) in [5, 5.41) is 0.849. The predicted molar refractivity (Wildman–Crippen MR) is 90.3 cm³/mol. The van der Waals surface area contributed by atoms with Crippen LogP contribution in [0.2, 0.25) is 0 Å². The van der Waals surface area contributed by atoms with Crippen LogP contribution in [-0.2, 0) is 16.6 Å². The van der Waals surface area contributed by atoms with E-state index in [4.69, 9.17) is 0 Å². The van der Waals surface area contributed by atoms with E-state index < -0.39 is 0 Å². The molecule has 7 heteroatoms. The summed E-state index contributed by atoms with van der Waals surface area (Å²) in [4.78, 5) is 31.8. The molecule has 23 heavy (non-hydrogen) atoms. The molecule has 122 valence electrons. The highest BCUT2D eigenvalue weighted by atomic mass is 32.2. The van der Waals surface area contributed by atoms with E-state index >= 15 is 0 Å². The summed E-state index contributed by atoms with van der Waals surface area (Å²) in [6, 6.07) is 7.94. The number of piperazine rings is 1. The number of hydrogen-bond acceptors (Lipinski definition) is 4. The van der Waals surface area contributed by atoms with E-state index in [0.717, 1.165) is 16.2 Å². The van der Waals surface area contributed by atoms with E-state index in [0.29, 0.717) is 31.9 Å². The Hall–Kier alpha value is -2.02. The first-order valence-corrected chi connectivity index (χ1v) is 8.62. The molecule has 3 rings (SSSR count). The van der Waals surface area contributed by atoms with Gasteiger partial charge in [-0.25, -0.2) is 4.98 Å². The van der Waals surface area contributed by atoms with Crippen molar-refractivity contribution >= 4 is 34.6 Å². The fraction of sp³-hybridized carbons (Fsp3) is 0.438. The van der Waals surface area contributed by atoms with Gasteiger partial charge in [0.25, 0.3) is 0 Å². The zero-order valence-electron chi connectivity index (χ0n) is 13.4. The molecule has 0 unspecified atom stereocenters. The molecule has 2 amide bonds. The Morgan fingerprint density at radius 3 is 2.43 bits per heavy atom. The van der Waals surface area contributed by atoms with Crippen molar-refractivity contribution in [2.45, 2.75) is 12.1 Å². The van der Waals surface area contributed by atoms with Gasteiger partial charge in [-0.1, -0.05) is 23.9 Å². The smallest absolute Gasteiger partial charge is 0.233 e. The number of aromatic nitrogens is 2. The van der Waals surface area contributed by atoms with Gasteiger partial charge in [0.05, 0.1) is 16.8 Å². The Bertz CT molecular complexity index is 735. The van der Waals surface area contributed by atoms with Crippen LogP contribution in [0.4, 0.5) is 0 Å². The summed E-state index contributed by atoms with van der Waals surface area (Å²) in [5.74, 6) is 0.550. The van der Waals surface area contributed by atoms with Crippen molar-refractivity contribution in [2.75, 3.05) is 31.9 Å². The Kier molecular flexibility index (Phi) is 4.56. The standard InChI is InChI=1S/C16H20N4O2S/c1-12(21)19-7-9-20(10-8-19)15(22)11-23-16-17-13-5-3-4-6-14(13)18(16)2/h3-6H,7-11H2,1-2H3. The van der Waals surface area contributed by atoms with Crippen LogP contribution in [0.5, 0.6) is 0 Å². The lowest BCUT2D eigenvalue weighted by atomic mass is 10.3. The van der Waals surface area contributed by atoms with Crippen molar-refractivity contribution in [3.05, 3.63) is 24.3 Å². The second-order valence-corrected chi connectivity index (χ2v) is 6.56. The number of para-hydroxylation sites is 2. The van der Waals surface area contributed by atoms with Gasteiger partial charge in [-0.2, -0.15) is 0 Å². The minimum Gasteiger partial charge on any atom is -0.339 e. The van der Waals surface area contributed by atoms with Crippen LogP contribution in [0.1, 0.15) is 6.92 Å². The molecule has 0 aliphatic carbocycles. The molecule has 1 aliphatic heterocycles. The number of carbonyl (C=O) groups is 2. The van der Waals surface area contributed by atoms with E-state index in [9.17, 15) is 9.59 Å². The molecular formula is C16H20N4O2S. The number of carbonyl (C=O) groups excluding carboxylic acids is 2. The first-order valence-electron chi connectivity index (χ1n) is 7.64. The summed E-state index contributed by atoms with van der Waals surface area (Å²) in [6.07, 6.45) is 0. The molecule has 2 aromatic rings. The SMILES string of the molecule is CC(=O)N1CCN(C(=O)CSc2nc3ccccc3n2C)CC1. The number of hydrogen-bond donors (Lipinski definition) is 0. The van der Waals surface area contributed by atoms with E-state index in [-0.39, 0.29) is 11.8 Å². The molecule has 0 spiro atoms. The van der Waals surface area contributed by atoms with Crippen molar-refractivity contribution in [1.82, 2.24) is 19.4 Å². The van der Waals surface area contributed by atoms with Crippen molar-refractivity contribution in [1.29, 1.82) is 0 Å². The van der Waals surface area contributed by atoms with Crippen LogP contribution in [0.25, 0.3) is 11.0 Å². The highest BCUT2D eigenvalue weighted by molar-refractivity contribution is 7.99. The maximum Gasteiger partial charge on any atom is 0.233 e. The van der Waals surface area contributed by atoms with Crippen molar-refractivity contribution in [2.24, 2.45) is 7.05 Å². The van der Waals surface area contributed by atoms with Gasteiger partial charge >= 0.3 is 0 Å². The largest absolute Gasteiger partial charge is 0.339 e. The van der Waals surface area contributed by atoms with E-state index in [1.165, 1.54) is 11.8 Å². The molecule has 1 aromatic carbocycles. The second-order valence-electron chi connectivity index (χ2n) is 5.62. The lowest BCUT2D eigenvalue weighted by Gasteiger charge is -2.34. The number of amides is 2.